The molecule has 0 saturated carbocycles. The molecule has 0 fully saturated rings. The van der Waals surface area contributed by atoms with Crippen LogP contribution < -0.4 is 14.8 Å². The lowest BCUT2D eigenvalue weighted by molar-refractivity contribution is -0.117. The van der Waals surface area contributed by atoms with Crippen molar-refractivity contribution in [3.63, 3.8) is 0 Å². The summed E-state index contributed by atoms with van der Waals surface area (Å²) in [5.41, 5.74) is 0.485. The third kappa shape index (κ3) is 3.11. The van der Waals surface area contributed by atoms with E-state index in [0.717, 1.165) is 0 Å². The Balaban J connectivity index is 2.96. The van der Waals surface area contributed by atoms with Gasteiger partial charge in [-0.3, -0.25) is 4.79 Å². The number of methoxy groups -OCH3 is 2. The first-order valence-electron chi connectivity index (χ1n) is 5.05. The van der Waals surface area contributed by atoms with Crippen LogP contribution in [0.25, 0.3) is 0 Å². The van der Waals surface area contributed by atoms with E-state index in [9.17, 15) is 4.79 Å². The number of hydrogen-bond donors (Lipinski definition) is 1. The number of rotatable bonds is 4. The zero-order valence-corrected chi connectivity index (χ0v) is 9.98. The molecule has 0 heterocycles. The fraction of sp³-hybridized carbons (Fsp3) is 0.333. The number of benzene rings is 1. The monoisotopic (exact) mass is 234 g/mol. The molecule has 0 aliphatic heterocycles. The number of carbonyl (C=O) groups excluding carboxylic acids is 1. The maximum atomic E-state index is 11.6. The van der Waals surface area contributed by atoms with Gasteiger partial charge in [-0.25, -0.2) is 0 Å². The second kappa shape index (κ2) is 5.75. The van der Waals surface area contributed by atoms with Gasteiger partial charge in [0.15, 0.2) is 0 Å². The number of ether oxygens (including phenoxy) is 2. The summed E-state index contributed by atoms with van der Waals surface area (Å²) in [5.74, 6) is 0.0277. The molecule has 0 radical (unpaired) electrons. The first kappa shape index (κ1) is 12.8. The van der Waals surface area contributed by atoms with E-state index in [1.54, 1.807) is 18.2 Å². The van der Waals surface area contributed by atoms with E-state index in [1.165, 1.54) is 21.1 Å². The lowest BCUT2D eigenvalue weighted by Crippen LogP contribution is -2.19. The SMILES string of the molecule is COc1ccc(OC)c(NC(=O)C(C)C#N)c1. The van der Waals surface area contributed by atoms with Crippen molar-refractivity contribution in [3.8, 4) is 17.6 Å². The van der Waals surface area contributed by atoms with Crippen molar-refractivity contribution in [2.45, 2.75) is 6.92 Å². The molecule has 0 spiro atoms. The van der Waals surface area contributed by atoms with E-state index >= 15 is 0 Å². The minimum absolute atomic E-state index is 0.376. The van der Waals surface area contributed by atoms with Crippen molar-refractivity contribution in [1.82, 2.24) is 0 Å². The highest BCUT2D eigenvalue weighted by atomic mass is 16.5. The van der Waals surface area contributed by atoms with Crippen LogP contribution in [0.4, 0.5) is 5.69 Å². The van der Waals surface area contributed by atoms with E-state index in [0.29, 0.717) is 17.2 Å². The Morgan fingerprint density at radius 3 is 2.65 bits per heavy atom. The summed E-state index contributed by atoms with van der Waals surface area (Å²) in [6, 6.07) is 6.92. The molecule has 1 unspecified atom stereocenters. The molecular formula is C12H14N2O3. The number of hydrogen-bond acceptors (Lipinski definition) is 4. The highest BCUT2D eigenvalue weighted by molar-refractivity contribution is 5.95. The predicted octanol–water partition coefficient (Wildman–Crippen LogP) is 1.80. The first-order chi connectivity index (χ1) is 8.12. The quantitative estimate of drug-likeness (QED) is 0.862. The molecule has 1 aromatic carbocycles. The lowest BCUT2D eigenvalue weighted by Gasteiger charge is -2.12. The van der Waals surface area contributed by atoms with E-state index in [2.05, 4.69) is 5.32 Å². The summed E-state index contributed by atoms with van der Waals surface area (Å²) < 4.78 is 10.2. The van der Waals surface area contributed by atoms with Crippen LogP contribution in [0.15, 0.2) is 18.2 Å². The number of nitrogens with zero attached hydrogens (tertiary/aromatic N) is 1. The normalized spacial score (nSPS) is 11.2. The lowest BCUT2D eigenvalue weighted by atomic mass is 10.2. The Labute approximate surface area is 100.0 Å². The average molecular weight is 234 g/mol. The van der Waals surface area contributed by atoms with Crippen LogP contribution in [0.2, 0.25) is 0 Å². The molecule has 1 atom stereocenters. The molecule has 1 rings (SSSR count). The molecular weight excluding hydrogens is 220 g/mol. The van der Waals surface area contributed by atoms with E-state index in [4.69, 9.17) is 14.7 Å². The van der Waals surface area contributed by atoms with Crippen LogP contribution in [-0.4, -0.2) is 20.1 Å². The number of anilines is 1. The Kier molecular flexibility index (Phi) is 4.35. The van der Waals surface area contributed by atoms with Crippen molar-refractivity contribution in [1.29, 1.82) is 5.26 Å². The molecule has 1 amide bonds. The van der Waals surface area contributed by atoms with Gasteiger partial charge >= 0.3 is 0 Å². The van der Waals surface area contributed by atoms with E-state index in [1.807, 2.05) is 6.07 Å². The minimum atomic E-state index is -0.717. The summed E-state index contributed by atoms with van der Waals surface area (Å²) in [7, 11) is 3.04. The molecule has 1 aromatic rings. The van der Waals surface area contributed by atoms with Gasteiger partial charge in [0.25, 0.3) is 0 Å². The van der Waals surface area contributed by atoms with Crippen LogP contribution in [0.3, 0.4) is 0 Å². The van der Waals surface area contributed by atoms with Crippen molar-refractivity contribution < 1.29 is 14.3 Å². The van der Waals surface area contributed by atoms with E-state index in [-0.39, 0.29) is 5.91 Å². The van der Waals surface area contributed by atoms with Gasteiger partial charge in [0, 0.05) is 6.07 Å². The van der Waals surface area contributed by atoms with Crippen molar-refractivity contribution in [3.05, 3.63) is 18.2 Å². The maximum absolute atomic E-state index is 11.6. The van der Waals surface area contributed by atoms with Crippen LogP contribution in [0.5, 0.6) is 11.5 Å². The molecule has 0 aromatic heterocycles. The van der Waals surface area contributed by atoms with Gasteiger partial charge in [-0.2, -0.15) is 5.26 Å². The van der Waals surface area contributed by atoms with Gasteiger partial charge in [0.05, 0.1) is 26.0 Å². The standard InChI is InChI=1S/C12H14N2O3/c1-8(7-13)12(15)14-10-6-9(16-2)4-5-11(10)17-3/h4-6,8H,1-3H3,(H,14,15). The Morgan fingerprint density at radius 1 is 1.41 bits per heavy atom. The summed E-state index contributed by atoms with van der Waals surface area (Å²) >= 11 is 0. The summed E-state index contributed by atoms with van der Waals surface area (Å²) in [6.07, 6.45) is 0. The summed E-state index contributed by atoms with van der Waals surface area (Å²) in [5, 5.41) is 11.3. The van der Waals surface area contributed by atoms with Gasteiger partial charge < -0.3 is 14.8 Å². The molecule has 1 N–H and O–H groups in total. The molecule has 5 heteroatoms. The van der Waals surface area contributed by atoms with Gasteiger partial charge in [-0.05, 0) is 19.1 Å². The Morgan fingerprint density at radius 2 is 2.12 bits per heavy atom. The van der Waals surface area contributed by atoms with Gasteiger partial charge in [-0.15, -0.1) is 0 Å². The molecule has 17 heavy (non-hydrogen) atoms. The number of amides is 1. The molecule has 0 bridgehead atoms. The summed E-state index contributed by atoms with van der Waals surface area (Å²) in [4.78, 5) is 11.6. The highest BCUT2D eigenvalue weighted by Crippen LogP contribution is 2.29. The molecule has 0 aliphatic rings. The zero-order valence-electron chi connectivity index (χ0n) is 9.98. The second-order valence-electron chi connectivity index (χ2n) is 3.41. The third-order valence-electron chi connectivity index (χ3n) is 2.25. The predicted molar refractivity (Wildman–Crippen MR) is 63.0 cm³/mol. The van der Waals surface area contributed by atoms with Crippen molar-refractivity contribution >= 4 is 11.6 Å². The van der Waals surface area contributed by atoms with Crippen LogP contribution in [-0.2, 0) is 4.79 Å². The highest BCUT2D eigenvalue weighted by Gasteiger charge is 2.14. The molecule has 5 nitrogen and oxygen atoms in total. The Bertz CT molecular complexity index is 452. The summed E-state index contributed by atoms with van der Waals surface area (Å²) in [6.45, 7) is 1.53. The fourth-order valence-electron chi connectivity index (χ4n) is 1.21. The van der Waals surface area contributed by atoms with Crippen LogP contribution in [0.1, 0.15) is 6.92 Å². The topological polar surface area (TPSA) is 71.3 Å². The minimum Gasteiger partial charge on any atom is -0.497 e. The number of nitriles is 1. The van der Waals surface area contributed by atoms with Crippen LogP contribution >= 0.6 is 0 Å². The van der Waals surface area contributed by atoms with Gasteiger partial charge in [0.1, 0.15) is 17.4 Å². The van der Waals surface area contributed by atoms with Gasteiger partial charge in [-0.1, -0.05) is 0 Å². The number of nitrogens with one attached hydrogen (secondary N) is 1. The average Bonchev–Trinajstić information content (AvgIpc) is 2.37. The third-order valence-corrected chi connectivity index (χ3v) is 2.25. The first-order valence-corrected chi connectivity index (χ1v) is 5.05. The van der Waals surface area contributed by atoms with Crippen molar-refractivity contribution in [2.75, 3.05) is 19.5 Å². The zero-order chi connectivity index (χ0) is 12.8. The van der Waals surface area contributed by atoms with Crippen LogP contribution in [0, 0.1) is 17.2 Å². The Hall–Kier alpha value is -2.22. The fourth-order valence-corrected chi connectivity index (χ4v) is 1.21. The smallest absolute Gasteiger partial charge is 0.241 e. The molecule has 90 valence electrons. The van der Waals surface area contributed by atoms with Gasteiger partial charge in [0.2, 0.25) is 5.91 Å². The van der Waals surface area contributed by atoms with E-state index < -0.39 is 5.92 Å². The largest absolute Gasteiger partial charge is 0.497 e. The second-order valence-corrected chi connectivity index (χ2v) is 3.41. The molecule has 0 saturated heterocycles. The van der Waals surface area contributed by atoms with Crippen molar-refractivity contribution in [2.24, 2.45) is 5.92 Å². The molecule has 0 aliphatic carbocycles. The maximum Gasteiger partial charge on any atom is 0.241 e. The number of carbonyl (C=O) groups is 1.